The molecule has 2 nitrogen and oxygen atoms in total. The Kier molecular flexibility index (Phi) is 4.16. The summed E-state index contributed by atoms with van der Waals surface area (Å²) in [6.07, 6.45) is 2.49. The molecule has 0 unspecified atom stereocenters. The van der Waals surface area contributed by atoms with E-state index in [1.54, 1.807) is 0 Å². The van der Waals surface area contributed by atoms with Crippen LogP contribution in [0.5, 0.6) is 0 Å². The lowest BCUT2D eigenvalue weighted by Crippen LogP contribution is -2.44. The van der Waals surface area contributed by atoms with Crippen LogP contribution in [0.3, 0.4) is 0 Å². The molecule has 0 radical (unpaired) electrons. The van der Waals surface area contributed by atoms with Gasteiger partial charge in [-0.1, -0.05) is 29.3 Å². The molecule has 2 aromatic carbocycles. The monoisotopic (exact) mass is 390 g/mol. The van der Waals surface area contributed by atoms with Gasteiger partial charge in [-0.25, -0.2) is 0 Å². The minimum absolute atomic E-state index is 0.590. The van der Waals surface area contributed by atoms with Gasteiger partial charge in [-0.15, -0.1) is 11.8 Å². The predicted octanol–water partition coefficient (Wildman–Crippen LogP) is 5.42. The molecular weight excluding hydrogens is 371 g/mol. The Morgan fingerprint density at radius 1 is 1.16 bits per heavy atom. The van der Waals surface area contributed by atoms with Gasteiger partial charge in [0.2, 0.25) is 0 Å². The third kappa shape index (κ3) is 2.68. The number of nitrogens with one attached hydrogen (secondary N) is 1. The third-order valence-electron chi connectivity index (χ3n) is 5.68. The normalized spacial score (nSPS) is 24.6. The van der Waals surface area contributed by atoms with Gasteiger partial charge in [0.15, 0.2) is 0 Å². The molecule has 0 bridgehead atoms. The number of halogens is 2. The van der Waals surface area contributed by atoms with Crippen LogP contribution >= 0.6 is 35.0 Å². The lowest BCUT2D eigenvalue weighted by atomic mass is 9.88. The highest BCUT2D eigenvalue weighted by atomic mass is 35.5. The molecular formula is C20H20Cl2N2S. The summed E-state index contributed by atoms with van der Waals surface area (Å²) in [4.78, 5) is 4.12. The van der Waals surface area contributed by atoms with Crippen LogP contribution in [0.2, 0.25) is 10.0 Å². The van der Waals surface area contributed by atoms with Crippen molar-refractivity contribution >= 4 is 40.7 Å². The van der Waals surface area contributed by atoms with E-state index in [-0.39, 0.29) is 0 Å². The maximum absolute atomic E-state index is 6.51. The number of piperidine rings is 1. The predicted molar refractivity (Wildman–Crippen MR) is 109 cm³/mol. The number of hydrogen-bond acceptors (Lipinski definition) is 3. The van der Waals surface area contributed by atoms with Gasteiger partial charge in [0.1, 0.15) is 0 Å². The van der Waals surface area contributed by atoms with E-state index >= 15 is 0 Å². The zero-order valence-electron chi connectivity index (χ0n) is 13.9. The first-order valence-corrected chi connectivity index (χ1v) is 10.7. The van der Waals surface area contributed by atoms with Crippen molar-refractivity contribution in [3.05, 3.63) is 45.9 Å². The summed E-state index contributed by atoms with van der Waals surface area (Å²) >= 11 is 14.6. The van der Waals surface area contributed by atoms with Crippen molar-refractivity contribution in [2.24, 2.45) is 0 Å². The summed E-state index contributed by atoms with van der Waals surface area (Å²) in [6, 6.07) is 11.2. The molecule has 3 aliphatic rings. The number of anilines is 1. The second kappa shape index (κ2) is 6.38. The van der Waals surface area contributed by atoms with Gasteiger partial charge in [0, 0.05) is 45.6 Å². The van der Waals surface area contributed by atoms with Gasteiger partial charge < -0.3 is 10.2 Å². The average Bonchev–Trinajstić information content (AvgIpc) is 2.77. The lowest BCUT2D eigenvalue weighted by molar-refractivity contribution is 0.403. The summed E-state index contributed by atoms with van der Waals surface area (Å²) in [5.41, 5.74) is 5.30. The fourth-order valence-electron chi connectivity index (χ4n) is 4.60. The summed E-state index contributed by atoms with van der Waals surface area (Å²) in [7, 11) is 0. The third-order valence-corrected chi connectivity index (χ3v) is 7.34. The molecule has 130 valence electrons. The van der Waals surface area contributed by atoms with Gasteiger partial charge in [-0.3, -0.25) is 0 Å². The zero-order chi connectivity index (χ0) is 17.0. The van der Waals surface area contributed by atoms with E-state index in [1.807, 2.05) is 30.0 Å². The van der Waals surface area contributed by atoms with Crippen LogP contribution in [-0.4, -0.2) is 31.4 Å². The Labute approximate surface area is 162 Å². The fourth-order valence-corrected chi connectivity index (χ4v) is 6.20. The number of nitrogens with zero attached hydrogens (tertiary/aromatic N) is 1. The molecule has 3 heterocycles. The summed E-state index contributed by atoms with van der Waals surface area (Å²) in [6.45, 7) is 3.40. The molecule has 5 rings (SSSR count). The molecule has 0 amide bonds. The molecule has 5 heteroatoms. The van der Waals surface area contributed by atoms with Crippen molar-refractivity contribution in [2.75, 3.05) is 30.3 Å². The molecule has 3 aliphatic heterocycles. The Morgan fingerprint density at radius 2 is 2.08 bits per heavy atom. The molecule has 1 saturated heterocycles. The molecule has 2 aromatic rings. The highest BCUT2D eigenvalue weighted by Gasteiger charge is 2.41. The molecule has 2 atom stereocenters. The van der Waals surface area contributed by atoms with E-state index < -0.39 is 0 Å². The largest absolute Gasteiger partial charge is 0.367 e. The highest BCUT2D eigenvalue weighted by molar-refractivity contribution is 7.99. The van der Waals surface area contributed by atoms with Gasteiger partial charge in [0.25, 0.3) is 0 Å². The van der Waals surface area contributed by atoms with E-state index in [9.17, 15) is 0 Å². The maximum atomic E-state index is 6.51. The fraction of sp³-hybridized carbons (Fsp3) is 0.400. The second-order valence-electron chi connectivity index (χ2n) is 7.10. The number of benzene rings is 2. The summed E-state index contributed by atoms with van der Waals surface area (Å²) in [5.74, 6) is 1.78. The van der Waals surface area contributed by atoms with Gasteiger partial charge in [-0.2, -0.15) is 0 Å². The van der Waals surface area contributed by atoms with E-state index in [2.05, 4.69) is 22.3 Å². The Bertz CT molecular complexity index is 839. The molecule has 0 aliphatic carbocycles. The highest BCUT2D eigenvalue weighted by Crippen LogP contribution is 2.51. The first-order valence-electron chi connectivity index (χ1n) is 8.96. The molecule has 0 spiro atoms. The average molecular weight is 391 g/mol. The van der Waals surface area contributed by atoms with Crippen molar-refractivity contribution in [1.29, 1.82) is 0 Å². The Morgan fingerprint density at radius 3 is 2.96 bits per heavy atom. The van der Waals surface area contributed by atoms with Crippen LogP contribution in [0.25, 0.3) is 11.1 Å². The Balaban J connectivity index is 1.69. The number of thioether (sulfide) groups is 1. The number of hydrogen-bond donors (Lipinski definition) is 1. The molecule has 1 fully saturated rings. The quantitative estimate of drug-likeness (QED) is 0.699. The lowest BCUT2D eigenvalue weighted by Gasteiger charge is -2.33. The summed E-state index contributed by atoms with van der Waals surface area (Å²) < 4.78 is 0. The van der Waals surface area contributed by atoms with Crippen molar-refractivity contribution in [2.45, 2.75) is 29.7 Å². The second-order valence-corrected chi connectivity index (χ2v) is 9.08. The topological polar surface area (TPSA) is 15.3 Å². The van der Waals surface area contributed by atoms with Gasteiger partial charge >= 0.3 is 0 Å². The zero-order valence-corrected chi connectivity index (χ0v) is 16.2. The van der Waals surface area contributed by atoms with Crippen molar-refractivity contribution < 1.29 is 0 Å². The smallest absolute Gasteiger partial charge is 0.0544 e. The van der Waals surface area contributed by atoms with Crippen molar-refractivity contribution in [3.63, 3.8) is 0 Å². The van der Waals surface area contributed by atoms with E-state index in [0.29, 0.717) is 17.0 Å². The Hall–Kier alpha value is -0.870. The summed E-state index contributed by atoms with van der Waals surface area (Å²) in [5, 5.41) is 5.01. The maximum Gasteiger partial charge on any atom is 0.0544 e. The van der Waals surface area contributed by atoms with Crippen LogP contribution < -0.4 is 10.2 Å². The molecule has 1 N–H and O–H groups in total. The standard InChI is InChI=1S/C20H20Cl2N2S/c21-13-2-3-14(17(22)10-13)12-8-15-16-11-23-5-4-18(16)24-6-1-7-25-19(9-12)20(15)24/h2-3,8-10,16,18,23H,1,4-7,11H2/t16-,18-/m1/s1. The first kappa shape index (κ1) is 16.3. The number of rotatable bonds is 1. The van der Waals surface area contributed by atoms with E-state index in [1.165, 1.54) is 46.8 Å². The number of fused-ring (bicyclic) bond motifs is 3. The minimum Gasteiger partial charge on any atom is -0.367 e. The van der Waals surface area contributed by atoms with Crippen molar-refractivity contribution in [1.82, 2.24) is 5.32 Å². The first-order chi connectivity index (χ1) is 12.2. The van der Waals surface area contributed by atoms with Crippen LogP contribution in [0, 0.1) is 0 Å². The van der Waals surface area contributed by atoms with Crippen LogP contribution in [0.4, 0.5) is 5.69 Å². The molecule has 25 heavy (non-hydrogen) atoms. The van der Waals surface area contributed by atoms with Crippen LogP contribution in [-0.2, 0) is 0 Å². The van der Waals surface area contributed by atoms with E-state index in [4.69, 9.17) is 23.2 Å². The molecule has 0 aromatic heterocycles. The van der Waals surface area contributed by atoms with Crippen LogP contribution in [0.15, 0.2) is 35.2 Å². The van der Waals surface area contributed by atoms with Gasteiger partial charge in [0.05, 0.1) is 5.69 Å². The molecule has 0 saturated carbocycles. The minimum atomic E-state index is 0.590. The SMILES string of the molecule is Clc1ccc(-c2cc3c4c(c2)[C@H]2CNCC[C@H]2N4CCCS3)c(Cl)c1. The van der Waals surface area contributed by atoms with Crippen LogP contribution in [0.1, 0.15) is 24.3 Å². The van der Waals surface area contributed by atoms with E-state index in [0.717, 1.165) is 23.7 Å². The van der Waals surface area contributed by atoms with Gasteiger partial charge in [-0.05, 0) is 60.5 Å². The van der Waals surface area contributed by atoms with Crippen molar-refractivity contribution in [3.8, 4) is 11.1 Å².